The number of hydrogen-bond acceptors (Lipinski definition) is 2. The lowest BCUT2D eigenvalue weighted by Crippen LogP contribution is -2.12. The topological polar surface area (TPSA) is 12.0 Å². The van der Waals surface area contributed by atoms with Crippen LogP contribution in [0.3, 0.4) is 0 Å². The van der Waals surface area contributed by atoms with Gasteiger partial charge >= 0.3 is 0 Å². The van der Waals surface area contributed by atoms with E-state index in [1.54, 1.807) is 11.3 Å². The van der Waals surface area contributed by atoms with Gasteiger partial charge in [0.15, 0.2) is 0 Å². The monoisotopic (exact) mass is 329 g/mol. The summed E-state index contributed by atoms with van der Waals surface area (Å²) in [5.41, 5.74) is 2.61. The molecular formula is C22H19NS. The molecule has 0 unspecified atom stereocenters. The van der Waals surface area contributed by atoms with Crippen LogP contribution in [-0.4, -0.2) is 6.54 Å². The molecule has 0 aliphatic carbocycles. The first kappa shape index (κ1) is 15.1. The van der Waals surface area contributed by atoms with Gasteiger partial charge in [-0.25, -0.2) is 0 Å². The molecule has 0 radical (unpaired) electrons. The van der Waals surface area contributed by atoms with Crippen LogP contribution in [0, 0.1) is 0 Å². The van der Waals surface area contributed by atoms with Crippen molar-refractivity contribution in [3.63, 3.8) is 0 Å². The first-order valence-electron chi connectivity index (χ1n) is 8.21. The normalized spacial score (nSPS) is 11.7. The molecule has 0 bridgehead atoms. The van der Waals surface area contributed by atoms with E-state index < -0.39 is 0 Å². The largest absolute Gasteiger partial charge is 0.309 e. The van der Waals surface area contributed by atoms with E-state index in [4.69, 9.17) is 0 Å². The number of rotatable bonds is 5. The van der Waals surface area contributed by atoms with Crippen LogP contribution in [0.4, 0.5) is 0 Å². The smallest absolute Gasteiger partial charge is 0.0343 e. The predicted molar refractivity (Wildman–Crippen MR) is 107 cm³/mol. The second kappa shape index (κ2) is 7.00. The van der Waals surface area contributed by atoms with E-state index in [0.29, 0.717) is 0 Å². The molecular weight excluding hydrogens is 310 g/mol. The van der Waals surface area contributed by atoms with Crippen LogP contribution in [0.25, 0.3) is 26.9 Å². The van der Waals surface area contributed by atoms with Crippen LogP contribution in [0.2, 0.25) is 0 Å². The van der Waals surface area contributed by atoms with Crippen molar-refractivity contribution in [3.8, 4) is 0 Å². The van der Waals surface area contributed by atoms with Crippen LogP contribution in [0.5, 0.6) is 0 Å². The average molecular weight is 329 g/mol. The van der Waals surface area contributed by atoms with Crippen LogP contribution >= 0.6 is 11.3 Å². The lowest BCUT2D eigenvalue weighted by Gasteiger charge is -2.06. The molecule has 1 aromatic heterocycles. The van der Waals surface area contributed by atoms with Gasteiger partial charge in [-0.05, 0) is 50.9 Å². The third-order valence-corrected chi connectivity index (χ3v) is 5.14. The van der Waals surface area contributed by atoms with Gasteiger partial charge in [-0.3, -0.25) is 0 Å². The molecule has 0 spiro atoms. The van der Waals surface area contributed by atoms with Gasteiger partial charge in [0.1, 0.15) is 0 Å². The van der Waals surface area contributed by atoms with Crippen molar-refractivity contribution in [1.29, 1.82) is 0 Å². The SMILES string of the molecule is C(=C\c1ccc2sccc2c1)/CNCc1cccc2ccccc12. The van der Waals surface area contributed by atoms with Crippen LogP contribution in [-0.2, 0) is 6.54 Å². The average Bonchev–Trinajstić information content (AvgIpc) is 3.09. The Hall–Kier alpha value is -2.42. The van der Waals surface area contributed by atoms with Crippen molar-refractivity contribution in [1.82, 2.24) is 5.32 Å². The fourth-order valence-corrected chi connectivity index (χ4v) is 3.79. The first-order chi connectivity index (χ1) is 11.9. The lowest BCUT2D eigenvalue weighted by atomic mass is 10.0. The van der Waals surface area contributed by atoms with Crippen LogP contribution in [0.15, 0.2) is 78.2 Å². The molecule has 4 aromatic rings. The Bertz CT molecular complexity index is 992. The summed E-state index contributed by atoms with van der Waals surface area (Å²) in [5.74, 6) is 0. The fraction of sp³-hybridized carbons (Fsp3) is 0.0909. The molecule has 0 amide bonds. The Labute approximate surface area is 146 Å². The molecule has 0 aliphatic rings. The highest BCUT2D eigenvalue weighted by Crippen LogP contribution is 2.22. The maximum Gasteiger partial charge on any atom is 0.0343 e. The number of hydrogen-bond donors (Lipinski definition) is 1. The summed E-state index contributed by atoms with van der Waals surface area (Å²) in [4.78, 5) is 0. The Kier molecular flexibility index (Phi) is 4.41. The molecule has 4 rings (SSSR count). The second-order valence-corrected chi connectivity index (χ2v) is 6.84. The molecule has 0 saturated carbocycles. The minimum absolute atomic E-state index is 0.866. The van der Waals surface area contributed by atoms with Gasteiger partial charge in [0.05, 0.1) is 0 Å². The molecule has 118 valence electrons. The van der Waals surface area contributed by atoms with Crippen molar-refractivity contribution in [2.24, 2.45) is 0 Å². The first-order valence-corrected chi connectivity index (χ1v) is 9.09. The molecule has 0 saturated heterocycles. The zero-order valence-corrected chi connectivity index (χ0v) is 14.2. The van der Waals surface area contributed by atoms with Crippen LogP contribution in [0.1, 0.15) is 11.1 Å². The number of fused-ring (bicyclic) bond motifs is 2. The molecule has 0 fully saturated rings. The highest BCUT2D eigenvalue weighted by Gasteiger charge is 1.99. The molecule has 1 heterocycles. The fourth-order valence-electron chi connectivity index (χ4n) is 3.02. The van der Waals surface area contributed by atoms with Gasteiger partial charge in [-0.1, -0.05) is 60.7 Å². The van der Waals surface area contributed by atoms with Gasteiger partial charge in [-0.2, -0.15) is 0 Å². The van der Waals surface area contributed by atoms with Gasteiger partial charge in [0.25, 0.3) is 0 Å². The van der Waals surface area contributed by atoms with E-state index in [1.165, 1.54) is 32.0 Å². The number of thiophene rings is 1. The molecule has 1 N–H and O–H groups in total. The third kappa shape index (κ3) is 3.25. The van der Waals surface area contributed by atoms with Crippen molar-refractivity contribution in [2.75, 3.05) is 6.54 Å². The summed E-state index contributed by atoms with van der Waals surface area (Å²) in [6.07, 6.45) is 4.38. The number of nitrogens with one attached hydrogen (secondary N) is 1. The summed E-state index contributed by atoms with van der Waals surface area (Å²) in [5, 5.41) is 9.61. The van der Waals surface area contributed by atoms with Crippen molar-refractivity contribution in [2.45, 2.75) is 6.54 Å². The highest BCUT2D eigenvalue weighted by atomic mass is 32.1. The zero-order valence-electron chi connectivity index (χ0n) is 13.4. The molecule has 3 aromatic carbocycles. The summed E-state index contributed by atoms with van der Waals surface area (Å²) < 4.78 is 1.35. The third-order valence-electron chi connectivity index (χ3n) is 4.24. The summed E-state index contributed by atoms with van der Waals surface area (Å²) in [6, 6.07) is 23.8. The van der Waals surface area contributed by atoms with Crippen molar-refractivity contribution >= 4 is 38.3 Å². The van der Waals surface area contributed by atoms with Gasteiger partial charge in [0.2, 0.25) is 0 Å². The Morgan fingerprint density at radius 3 is 2.79 bits per heavy atom. The van der Waals surface area contributed by atoms with E-state index in [1.807, 2.05) is 0 Å². The zero-order chi connectivity index (χ0) is 16.2. The van der Waals surface area contributed by atoms with Crippen LogP contribution < -0.4 is 5.32 Å². The highest BCUT2D eigenvalue weighted by molar-refractivity contribution is 7.17. The number of benzene rings is 3. The Morgan fingerprint density at radius 2 is 1.79 bits per heavy atom. The van der Waals surface area contributed by atoms with Gasteiger partial charge in [-0.15, -0.1) is 11.3 Å². The molecule has 24 heavy (non-hydrogen) atoms. The standard InChI is InChI=1S/C22H19NS/c1-2-9-21-18(6-1)7-3-8-20(21)16-23-13-4-5-17-10-11-22-19(15-17)12-14-24-22/h1-12,14-15,23H,13,16H2/b5-4+. The van der Waals surface area contributed by atoms with E-state index in [-0.39, 0.29) is 0 Å². The predicted octanol–water partition coefficient (Wildman–Crippen LogP) is 5.86. The summed E-state index contributed by atoms with van der Waals surface area (Å²) in [7, 11) is 0. The second-order valence-electron chi connectivity index (χ2n) is 5.89. The quantitative estimate of drug-likeness (QED) is 0.452. The molecule has 2 heteroatoms. The molecule has 0 aliphatic heterocycles. The van der Waals surface area contributed by atoms with Gasteiger partial charge in [0, 0.05) is 17.8 Å². The van der Waals surface area contributed by atoms with Crippen molar-refractivity contribution < 1.29 is 0 Å². The Morgan fingerprint density at radius 1 is 0.875 bits per heavy atom. The van der Waals surface area contributed by atoms with E-state index in [2.05, 4.69) is 89.6 Å². The summed E-state index contributed by atoms with van der Waals surface area (Å²) in [6.45, 7) is 1.75. The van der Waals surface area contributed by atoms with E-state index >= 15 is 0 Å². The molecule has 1 nitrogen and oxygen atoms in total. The minimum atomic E-state index is 0.866. The maximum atomic E-state index is 3.51. The van der Waals surface area contributed by atoms with E-state index in [9.17, 15) is 0 Å². The summed E-state index contributed by atoms with van der Waals surface area (Å²) >= 11 is 1.79. The van der Waals surface area contributed by atoms with Crippen molar-refractivity contribution in [3.05, 3.63) is 89.3 Å². The minimum Gasteiger partial charge on any atom is -0.309 e. The lowest BCUT2D eigenvalue weighted by molar-refractivity contribution is 0.765. The Balaban J connectivity index is 1.38. The maximum absolute atomic E-state index is 3.51. The van der Waals surface area contributed by atoms with Gasteiger partial charge < -0.3 is 5.32 Å². The molecule has 0 atom stereocenters. The van der Waals surface area contributed by atoms with E-state index in [0.717, 1.165) is 13.1 Å².